The second-order valence-electron chi connectivity index (χ2n) is 6.26. The minimum Gasteiger partial charge on any atom is -0.481 e. The predicted molar refractivity (Wildman–Crippen MR) is 98.4 cm³/mol. The predicted octanol–water partition coefficient (Wildman–Crippen LogP) is 2.59. The van der Waals surface area contributed by atoms with Gasteiger partial charge >= 0.3 is 5.97 Å². The summed E-state index contributed by atoms with van der Waals surface area (Å²) in [6.45, 7) is 0. The van der Waals surface area contributed by atoms with Crippen LogP contribution in [0.2, 0.25) is 0 Å². The Balaban J connectivity index is 1.72. The molecule has 1 aromatic heterocycles. The van der Waals surface area contributed by atoms with Gasteiger partial charge in [0.25, 0.3) is 11.5 Å². The Labute approximate surface area is 158 Å². The Hall–Kier alpha value is -3.68. The number of hydrogen-bond donors (Lipinski definition) is 3. The summed E-state index contributed by atoms with van der Waals surface area (Å²) >= 11 is 0. The van der Waals surface area contributed by atoms with E-state index in [0.717, 1.165) is 22.8 Å². The SMILES string of the molecule is O=C(O)CC(Cc1ccc(-c2cccc(F)c2)cc1)NC(=O)c1cc(=O)[nH]o1. The van der Waals surface area contributed by atoms with Gasteiger partial charge in [0.15, 0.2) is 0 Å². The highest BCUT2D eigenvalue weighted by atomic mass is 19.1. The molecule has 1 unspecified atom stereocenters. The Morgan fingerprint density at radius 2 is 1.86 bits per heavy atom. The number of aromatic nitrogens is 1. The average molecular weight is 384 g/mol. The number of rotatable bonds is 7. The van der Waals surface area contributed by atoms with Gasteiger partial charge < -0.3 is 14.9 Å². The van der Waals surface area contributed by atoms with Crippen LogP contribution in [0.1, 0.15) is 22.5 Å². The third kappa shape index (κ3) is 4.94. The van der Waals surface area contributed by atoms with Crippen molar-refractivity contribution in [1.82, 2.24) is 10.5 Å². The molecule has 1 atom stereocenters. The molecule has 0 saturated carbocycles. The van der Waals surface area contributed by atoms with Gasteiger partial charge in [-0.25, -0.2) is 4.39 Å². The number of nitrogens with one attached hydrogen (secondary N) is 2. The Morgan fingerprint density at radius 3 is 2.46 bits per heavy atom. The Kier molecular flexibility index (Phi) is 5.69. The molecule has 3 rings (SSSR count). The molecule has 0 saturated heterocycles. The van der Waals surface area contributed by atoms with Crippen molar-refractivity contribution < 1.29 is 23.6 Å². The topological polar surface area (TPSA) is 112 Å². The number of carbonyl (C=O) groups excluding carboxylic acids is 1. The summed E-state index contributed by atoms with van der Waals surface area (Å²) in [5, 5.41) is 13.7. The highest BCUT2D eigenvalue weighted by molar-refractivity contribution is 5.91. The fourth-order valence-corrected chi connectivity index (χ4v) is 2.82. The van der Waals surface area contributed by atoms with E-state index in [1.165, 1.54) is 12.1 Å². The van der Waals surface area contributed by atoms with E-state index in [9.17, 15) is 18.8 Å². The fraction of sp³-hybridized carbons (Fsp3) is 0.150. The summed E-state index contributed by atoms with van der Waals surface area (Å²) in [5.74, 6) is -2.30. The quantitative estimate of drug-likeness (QED) is 0.580. The molecule has 2 aromatic carbocycles. The van der Waals surface area contributed by atoms with Gasteiger partial charge in [-0.2, -0.15) is 5.16 Å². The van der Waals surface area contributed by atoms with Crippen LogP contribution in [-0.2, 0) is 11.2 Å². The summed E-state index contributed by atoms with van der Waals surface area (Å²) in [5.41, 5.74) is 1.77. The second kappa shape index (κ2) is 8.34. The lowest BCUT2D eigenvalue weighted by molar-refractivity contribution is -0.137. The van der Waals surface area contributed by atoms with Gasteiger partial charge in [0.1, 0.15) is 5.82 Å². The van der Waals surface area contributed by atoms with E-state index in [1.807, 2.05) is 5.16 Å². The van der Waals surface area contributed by atoms with Gasteiger partial charge in [-0.05, 0) is 35.2 Å². The molecule has 3 aromatic rings. The number of aromatic amines is 1. The molecule has 3 N–H and O–H groups in total. The van der Waals surface area contributed by atoms with E-state index in [0.29, 0.717) is 0 Å². The van der Waals surface area contributed by atoms with Crippen molar-refractivity contribution in [1.29, 1.82) is 0 Å². The summed E-state index contributed by atoms with van der Waals surface area (Å²) in [4.78, 5) is 34.3. The second-order valence-corrected chi connectivity index (χ2v) is 6.26. The molecular formula is C20H17FN2O5. The standard InChI is InChI=1S/C20H17FN2O5/c21-15-3-1-2-14(9-15)13-6-4-12(5-7-13)8-16(10-19(25)26)22-20(27)17-11-18(24)23-28-17/h1-7,9,11,16H,8,10H2,(H,22,27)(H,23,24)(H,25,26). The third-order valence-corrected chi connectivity index (χ3v) is 4.10. The molecule has 1 amide bonds. The van der Waals surface area contributed by atoms with E-state index in [1.54, 1.807) is 36.4 Å². The number of amides is 1. The van der Waals surface area contributed by atoms with Crippen LogP contribution in [0, 0.1) is 5.82 Å². The lowest BCUT2D eigenvalue weighted by Crippen LogP contribution is -2.38. The minimum atomic E-state index is -1.07. The van der Waals surface area contributed by atoms with E-state index in [2.05, 4.69) is 5.32 Å². The van der Waals surface area contributed by atoms with E-state index in [-0.39, 0.29) is 24.4 Å². The first-order valence-corrected chi connectivity index (χ1v) is 8.47. The normalized spacial score (nSPS) is 11.8. The number of carbonyl (C=O) groups is 2. The molecular weight excluding hydrogens is 367 g/mol. The number of aliphatic carboxylic acids is 1. The average Bonchev–Trinajstić information content (AvgIpc) is 3.08. The third-order valence-electron chi connectivity index (χ3n) is 4.10. The summed E-state index contributed by atoms with van der Waals surface area (Å²) < 4.78 is 18.1. The zero-order valence-electron chi connectivity index (χ0n) is 14.6. The highest BCUT2D eigenvalue weighted by Crippen LogP contribution is 2.21. The first-order chi connectivity index (χ1) is 13.4. The number of carboxylic acid groups (broad SMARTS) is 1. The molecule has 0 fully saturated rings. The number of carboxylic acids is 1. The molecule has 1 heterocycles. The van der Waals surface area contributed by atoms with Gasteiger partial charge in [0.2, 0.25) is 5.76 Å². The highest BCUT2D eigenvalue weighted by Gasteiger charge is 2.20. The molecule has 7 nitrogen and oxygen atoms in total. The molecule has 0 bridgehead atoms. The molecule has 0 aliphatic heterocycles. The van der Waals surface area contributed by atoms with Crippen molar-refractivity contribution in [2.75, 3.05) is 0 Å². The van der Waals surface area contributed by atoms with Crippen molar-refractivity contribution in [3.05, 3.63) is 82.1 Å². The number of benzene rings is 2. The smallest absolute Gasteiger partial charge is 0.305 e. The maximum absolute atomic E-state index is 13.4. The van der Waals surface area contributed by atoms with Crippen molar-refractivity contribution in [2.24, 2.45) is 0 Å². The van der Waals surface area contributed by atoms with Crippen LogP contribution >= 0.6 is 0 Å². The molecule has 8 heteroatoms. The zero-order chi connectivity index (χ0) is 20.1. The van der Waals surface area contributed by atoms with Crippen LogP contribution < -0.4 is 10.9 Å². The summed E-state index contributed by atoms with van der Waals surface area (Å²) in [7, 11) is 0. The maximum atomic E-state index is 13.4. The van der Waals surface area contributed by atoms with E-state index in [4.69, 9.17) is 9.63 Å². The largest absolute Gasteiger partial charge is 0.481 e. The maximum Gasteiger partial charge on any atom is 0.305 e. The van der Waals surface area contributed by atoms with Crippen molar-refractivity contribution in [3.8, 4) is 11.1 Å². The van der Waals surface area contributed by atoms with Crippen LogP contribution in [0.4, 0.5) is 4.39 Å². The van der Waals surface area contributed by atoms with Crippen LogP contribution in [-0.4, -0.2) is 28.2 Å². The lowest BCUT2D eigenvalue weighted by atomic mass is 9.99. The molecule has 28 heavy (non-hydrogen) atoms. The number of hydrogen-bond acceptors (Lipinski definition) is 4. The molecule has 0 aliphatic carbocycles. The van der Waals surface area contributed by atoms with Crippen LogP contribution in [0.3, 0.4) is 0 Å². The lowest BCUT2D eigenvalue weighted by Gasteiger charge is -2.16. The first-order valence-electron chi connectivity index (χ1n) is 8.47. The van der Waals surface area contributed by atoms with Crippen molar-refractivity contribution in [3.63, 3.8) is 0 Å². The van der Waals surface area contributed by atoms with Crippen molar-refractivity contribution >= 4 is 11.9 Å². The van der Waals surface area contributed by atoms with Gasteiger partial charge in [-0.1, -0.05) is 36.4 Å². The summed E-state index contributed by atoms with van der Waals surface area (Å²) in [6, 6.07) is 13.7. The molecule has 0 aliphatic rings. The summed E-state index contributed by atoms with van der Waals surface area (Å²) in [6.07, 6.45) is -0.0395. The van der Waals surface area contributed by atoms with Crippen LogP contribution in [0.15, 0.2) is 63.9 Å². The fourth-order valence-electron chi connectivity index (χ4n) is 2.82. The van der Waals surface area contributed by atoms with Gasteiger partial charge in [-0.3, -0.25) is 14.4 Å². The minimum absolute atomic E-state index is 0.221. The molecule has 0 radical (unpaired) electrons. The van der Waals surface area contributed by atoms with Crippen molar-refractivity contribution in [2.45, 2.75) is 18.9 Å². The van der Waals surface area contributed by atoms with Gasteiger partial charge in [-0.15, -0.1) is 0 Å². The molecule has 144 valence electrons. The van der Waals surface area contributed by atoms with E-state index < -0.39 is 23.5 Å². The Bertz CT molecular complexity index is 1040. The monoisotopic (exact) mass is 384 g/mol. The van der Waals surface area contributed by atoms with Crippen LogP contribution in [0.25, 0.3) is 11.1 Å². The van der Waals surface area contributed by atoms with Crippen LogP contribution in [0.5, 0.6) is 0 Å². The number of H-pyrrole nitrogens is 1. The van der Waals surface area contributed by atoms with Gasteiger partial charge in [0.05, 0.1) is 12.5 Å². The molecule has 0 spiro atoms. The first kappa shape index (κ1) is 19.1. The number of halogens is 1. The Morgan fingerprint density at radius 1 is 1.11 bits per heavy atom. The zero-order valence-corrected chi connectivity index (χ0v) is 14.6. The van der Waals surface area contributed by atoms with E-state index >= 15 is 0 Å². The van der Waals surface area contributed by atoms with Gasteiger partial charge in [0, 0.05) is 6.04 Å².